The number of rotatable bonds is 4. The van der Waals surface area contributed by atoms with Crippen molar-refractivity contribution >= 4 is 5.91 Å². The standard InChI is InChI=1S/C11H13NO4/c12-11(14)8(13)3-1-7-2-4-9-10(5-7)16-6-15-9/h2,4-5,8,13H,1,3,6H2,(H2,12,14). The predicted octanol–water partition coefficient (Wildman–Crippen LogP) is 0.194. The van der Waals surface area contributed by atoms with E-state index in [9.17, 15) is 9.90 Å². The SMILES string of the molecule is NC(=O)C(O)CCc1ccc2c(c1)OCO2. The summed E-state index contributed by atoms with van der Waals surface area (Å²) in [5.41, 5.74) is 5.93. The number of amides is 1. The van der Waals surface area contributed by atoms with E-state index in [0.717, 1.165) is 11.3 Å². The Bertz CT molecular complexity index is 405. The molecule has 1 amide bonds. The van der Waals surface area contributed by atoms with Crippen LogP contribution in [-0.4, -0.2) is 23.9 Å². The van der Waals surface area contributed by atoms with Crippen molar-refractivity contribution in [2.75, 3.05) is 6.79 Å². The van der Waals surface area contributed by atoms with Gasteiger partial charge in [0.2, 0.25) is 12.7 Å². The van der Waals surface area contributed by atoms with Crippen LogP contribution in [-0.2, 0) is 11.2 Å². The zero-order chi connectivity index (χ0) is 11.5. The Balaban J connectivity index is 1.98. The Labute approximate surface area is 92.8 Å². The molecular weight excluding hydrogens is 210 g/mol. The average Bonchev–Trinajstić information content (AvgIpc) is 2.72. The van der Waals surface area contributed by atoms with Crippen molar-refractivity contribution in [3.05, 3.63) is 23.8 Å². The highest BCUT2D eigenvalue weighted by Gasteiger charge is 2.15. The minimum absolute atomic E-state index is 0.239. The monoisotopic (exact) mass is 223 g/mol. The fourth-order valence-electron chi connectivity index (χ4n) is 1.54. The highest BCUT2D eigenvalue weighted by molar-refractivity contribution is 5.78. The van der Waals surface area contributed by atoms with Gasteiger partial charge in [-0.05, 0) is 30.5 Å². The minimum Gasteiger partial charge on any atom is -0.454 e. The quantitative estimate of drug-likeness (QED) is 0.763. The Morgan fingerprint density at radius 2 is 2.19 bits per heavy atom. The highest BCUT2D eigenvalue weighted by Crippen LogP contribution is 2.32. The Hall–Kier alpha value is -1.75. The number of aryl methyl sites for hydroxylation is 1. The smallest absolute Gasteiger partial charge is 0.246 e. The largest absolute Gasteiger partial charge is 0.454 e. The van der Waals surface area contributed by atoms with Crippen LogP contribution in [0.5, 0.6) is 11.5 Å². The molecule has 1 aliphatic heterocycles. The van der Waals surface area contributed by atoms with E-state index in [4.69, 9.17) is 15.2 Å². The number of ether oxygens (including phenoxy) is 2. The van der Waals surface area contributed by atoms with Crippen LogP contribution in [0.1, 0.15) is 12.0 Å². The summed E-state index contributed by atoms with van der Waals surface area (Å²) in [6.07, 6.45) is -0.208. The van der Waals surface area contributed by atoms with Crippen LogP contribution in [0.3, 0.4) is 0 Å². The molecule has 5 heteroatoms. The lowest BCUT2D eigenvalue weighted by Crippen LogP contribution is -2.28. The number of benzene rings is 1. The first-order valence-corrected chi connectivity index (χ1v) is 5.03. The molecule has 5 nitrogen and oxygen atoms in total. The summed E-state index contributed by atoms with van der Waals surface area (Å²) < 4.78 is 10.4. The molecule has 1 aromatic rings. The number of hydrogen-bond donors (Lipinski definition) is 2. The molecule has 1 unspecified atom stereocenters. The van der Waals surface area contributed by atoms with Crippen molar-refractivity contribution in [2.24, 2.45) is 5.73 Å². The number of hydrogen-bond acceptors (Lipinski definition) is 4. The predicted molar refractivity (Wildman–Crippen MR) is 56.1 cm³/mol. The third-order valence-corrected chi connectivity index (χ3v) is 2.47. The van der Waals surface area contributed by atoms with E-state index >= 15 is 0 Å². The molecular formula is C11H13NO4. The van der Waals surface area contributed by atoms with Gasteiger partial charge >= 0.3 is 0 Å². The maximum Gasteiger partial charge on any atom is 0.246 e. The lowest BCUT2D eigenvalue weighted by atomic mass is 10.1. The van der Waals surface area contributed by atoms with Crippen molar-refractivity contribution in [2.45, 2.75) is 18.9 Å². The van der Waals surface area contributed by atoms with Crippen molar-refractivity contribution in [3.63, 3.8) is 0 Å². The van der Waals surface area contributed by atoms with Crippen LogP contribution in [0, 0.1) is 0 Å². The molecule has 0 saturated heterocycles. The van der Waals surface area contributed by atoms with Gasteiger partial charge in [-0.15, -0.1) is 0 Å². The van der Waals surface area contributed by atoms with Crippen LogP contribution in [0.2, 0.25) is 0 Å². The second-order valence-electron chi connectivity index (χ2n) is 3.64. The van der Waals surface area contributed by atoms with E-state index in [1.807, 2.05) is 18.2 Å². The molecule has 16 heavy (non-hydrogen) atoms. The van der Waals surface area contributed by atoms with Gasteiger partial charge in [0.15, 0.2) is 11.5 Å². The fraction of sp³-hybridized carbons (Fsp3) is 0.364. The van der Waals surface area contributed by atoms with Crippen LogP contribution in [0.15, 0.2) is 18.2 Å². The van der Waals surface area contributed by atoms with Crippen molar-refractivity contribution < 1.29 is 19.4 Å². The Morgan fingerprint density at radius 3 is 2.94 bits per heavy atom. The maximum absolute atomic E-state index is 10.6. The molecule has 0 aromatic heterocycles. The molecule has 3 N–H and O–H groups in total. The molecule has 1 atom stereocenters. The summed E-state index contributed by atoms with van der Waals surface area (Å²) in [5.74, 6) is 0.728. The Kier molecular flexibility index (Phi) is 2.96. The molecule has 1 aliphatic rings. The van der Waals surface area contributed by atoms with Crippen molar-refractivity contribution in [3.8, 4) is 11.5 Å². The molecule has 2 rings (SSSR count). The second kappa shape index (κ2) is 4.40. The molecule has 1 aromatic carbocycles. The van der Waals surface area contributed by atoms with E-state index < -0.39 is 12.0 Å². The summed E-state index contributed by atoms with van der Waals surface area (Å²) in [6.45, 7) is 0.239. The number of aliphatic hydroxyl groups is 1. The highest BCUT2D eigenvalue weighted by atomic mass is 16.7. The van der Waals surface area contributed by atoms with E-state index in [2.05, 4.69) is 0 Å². The number of carbonyl (C=O) groups is 1. The van der Waals surface area contributed by atoms with Crippen LogP contribution in [0.4, 0.5) is 0 Å². The van der Waals surface area contributed by atoms with Crippen LogP contribution >= 0.6 is 0 Å². The van der Waals surface area contributed by atoms with Gasteiger partial charge in [0, 0.05) is 0 Å². The third kappa shape index (κ3) is 2.25. The molecule has 1 heterocycles. The van der Waals surface area contributed by atoms with Crippen LogP contribution in [0.25, 0.3) is 0 Å². The number of fused-ring (bicyclic) bond motifs is 1. The van der Waals surface area contributed by atoms with Gasteiger partial charge in [-0.3, -0.25) is 4.79 Å². The maximum atomic E-state index is 10.6. The molecule has 0 aliphatic carbocycles. The van der Waals surface area contributed by atoms with Crippen molar-refractivity contribution in [1.29, 1.82) is 0 Å². The lowest BCUT2D eigenvalue weighted by molar-refractivity contribution is -0.126. The van der Waals surface area contributed by atoms with Gasteiger partial charge in [0.1, 0.15) is 6.10 Å². The first-order chi connectivity index (χ1) is 7.66. The minimum atomic E-state index is -1.09. The summed E-state index contributed by atoms with van der Waals surface area (Å²) >= 11 is 0. The number of nitrogens with two attached hydrogens (primary N) is 1. The molecule has 0 fully saturated rings. The van der Waals surface area contributed by atoms with Gasteiger partial charge in [-0.1, -0.05) is 6.07 Å². The topological polar surface area (TPSA) is 81.8 Å². The summed E-state index contributed by atoms with van der Waals surface area (Å²) in [4.78, 5) is 10.6. The number of primary amides is 1. The van der Waals surface area contributed by atoms with Gasteiger partial charge in [-0.25, -0.2) is 0 Å². The fourth-order valence-corrected chi connectivity index (χ4v) is 1.54. The van der Waals surface area contributed by atoms with E-state index in [-0.39, 0.29) is 6.79 Å². The third-order valence-electron chi connectivity index (χ3n) is 2.47. The molecule has 0 saturated carbocycles. The summed E-state index contributed by atoms with van der Waals surface area (Å²) in [7, 11) is 0. The van der Waals surface area contributed by atoms with Crippen LogP contribution < -0.4 is 15.2 Å². The molecule has 0 radical (unpaired) electrons. The van der Waals surface area contributed by atoms with Gasteiger partial charge in [-0.2, -0.15) is 0 Å². The molecule has 0 bridgehead atoms. The van der Waals surface area contributed by atoms with Gasteiger partial charge < -0.3 is 20.3 Å². The summed E-state index contributed by atoms with van der Waals surface area (Å²) in [5, 5.41) is 9.25. The van der Waals surface area contributed by atoms with Gasteiger partial charge in [0.05, 0.1) is 0 Å². The first-order valence-electron chi connectivity index (χ1n) is 5.03. The number of aliphatic hydroxyl groups excluding tert-OH is 1. The first kappa shape index (κ1) is 10.8. The van der Waals surface area contributed by atoms with E-state index in [0.29, 0.717) is 18.6 Å². The second-order valence-corrected chi connectivity index (χ2v) is 3.64. The molecule has 86 valence electrons. The Morgan fingerprint density at radius 1 is 1.44 bits per heavy atom. The zero-order valence-corrected chi connectivity index (χ0v) is 8.68. The average molecular weight is 223 g/mol. The van der Waals surface area contributed by atoms with E-state index in [1.54, 1.807) is 0 Å². The zero-order valence-electron chi connectivity index (χ0n) is 8.68. The number of carbonyl (C=O) groups excluding carboxylic acids is 1. The lowest BCUT2D eigenvalue weighted by Gasteiger charge is -2.06. The van der Waals surface area contributed by atoms with Gasteiger partial charge in [0.25, 0.3) is 0 Å². The van der Waals surface area contributed by atoms with Crippen molar-refractivity contribution in [1.82, 2.24) is 0 Å². The van der Waals surface area contributed by atoms with E-state index in [1.165, 1.54) is 0 Å². The molecule has 0 spiro atoms. The summed E-state index contributed by atoms with van der Waals surface area (Å²) in [6, 6.07) is 5.53. The normalized spacial score (nSPS) is 14.8.